The molecule has 258 valence electrons. The molecular formula is C34H45Cl4N5O2S2. The number of thiocarbonyl (C=S) groups is 1. The van der Waals surface area contributed by atoms with Crippen LogP contribution in [-0.4, -0.2) is 45.2 Å². The number of amidine groups is 1. The smallest absolute Gasteiger partial charge is 0.268 e. The van der Waals surface area contributed by atoms with Gasteiger partial charge in [0.2, 0.25) is 5.91 Å². The summed E-state index contributed by atoms with van der Waals surface area (Å²) in [5.41, 5.74) is 1.27. The third-order valence-corrected chi connectivity index (χ3v) is 10.6. The molecule has 2 aromatic carbocycles. The summed E-state index contributed by atoms with van der Waals surface area (Å²) in [6.07, 6.45) is 13.9. The molecule has 7 nitrogen and oxygen atoms in total. The Bertz CT molecular complexity index is 1380. The summed E-state index contributed by atoms with van der Waals surface area (Å²) in [6.45, 7) is 7.61. The Kier molecular flexibility index (Phi) is 17.5. The maximum absolute atomic E-state index is 13.8. The Morgan fingerprint density at radius 2 is 1.45 bits per heavy atom. The lowest BCUT2D eigenvalue weighted by Gasteiger charge is -2.23. The molecule has 0 radical (unpaired) electrons. The van der Waals surface area contributed by atoms with Crippen LogP contribution in [-0.2, 0) is 9.59 Å². The van der Waals surface area contributed by atoms with Gasteiger partial charge < -0.3 is 15.5 Å². The number of nitrogens with one attached hydrogen (secondary N) is 2. The molecule has 0 saturated heterocycles. The van der Waals surface area contributed by atoms with E-state index in [2.05, 4.69) is 22.7 Å². The van der Waals surface area contributed by atoms with Crippen molar-refractivity contribution in [3.05, 3.63) is 50.4 Å². The highest BCUT2D eigenvalue weighted by Gasteiger charge is 2.41. The minimum Gasteiger partial charge on any atom is -0.358 e. The van der Waals surface area contributed by atoms with Crippen LogP contribution < -0.4 is 15.6 Å². The topological polar surface area (TPSA) is 77.0 Å². The van der Waals surface area contributed by atoms with Crippen molar-refractivity contribution in [1.29, 1.82) is 0 Å². The van der Waals surface area contributed by atoms with Gasteiger partial charge in [-0.1, -0.05) is 142 Å². The number of anilines is 3. The number of unbranched alkanes of at least 4 members (excludes halogenated alkanes) is 10. The summed E-state index contributed by atoms with van der Waals surface area (Å²) in [4.78, 5) is 28.5. The molecule has 3 rings (SSSR count). The molecule has 13 heteroatoms. The second-order valence-corrected chi connectivity index (χ2v) is 14.8. The number of rotatable bonds is 18. The molecule has 0 saturated carbocycles. The standard InChI is InChI=1S/C34H45Cl4N5O2S2/c1-4-7-8-9-10-11-12-13-14-15-16-17-29(44)39-24-18-19-25(36)28(22-24)40-32-31(47-34(46)42(5-2)6-3)33(45)43(41-32)30-26(37)20-23(35)21-27(30)38/h18-22,31H,4-17H2,1-3H3,(H,39,44)(H,40,41). The first kappa shape index (κ1) is 39.7. The first-order valence-corrected chi connectivity index (χ1v) is 19.3. The van der Waals surface area contributed by atoms with Crippen LogP contribution in [0.4, 0.5) is 17.1 Å². The third kappa shape index (κ3) is 12.3. The molecule has 0 spiro atoms. The average molecular weight is 762 g/mol. The van der Waals surface area contributed by atoms with Gasteiger partial charge >= 0.3 is 0 Å². The van der Waals surface area contributed by atoms with Crippen LogP contribution >= 0.6 is 70.4 Å². The van der Waals surface area contributed by atoms with E-state index in [9.17, 15) is 9.59 Å². The number of carbonyl (C=O) groups is 2. The van der Waals surface area contributed by atoms with E-state index in [4.69, 9.17) is 58.6 Å². The SMILES string of the molecule is CCCCCCCCCCCCCC(=O)Nc1ccc(Cl)c(NC2=NN(c3c(Cl)cc(Cl)cc3Cl)C(=O)C2SC(=S)N(CC)CC)c1. The van der Waals surface area contributed by atoms with Crippen molar-refractivity contribution in [3.63, 3.8) is 0 Å². The molecular weight excluding hydrogens is 716 g/mol. The normalized spacial score (nSPS) is 14.4. The molecule has 0 aromatic heterocycles. The van der Waals surface area contributed by atoms with Gasteiger partial charge in [-0.15, -0.1) is 5.10 Å². The largest absolute Gasteiger partial charge is 0.358 e. The van der Waals surface area contributed by atoms with Crippen LogP contribution in [0.2, 0.25) is 20.1 Å². The summed E-state index contributed by atoms with van der Waals surface area (Å²) in [7, 11) is 0. The fourth-order valence-corrected chi connectivity index (χ4v) is 7.91. The van der Waals surface area contributed by atoms with Crippen molar-refractivity contribution in [2.24, 2.45) is 5.10 Å². The van der Waals surface area contributed by atoms with E-state index in [1.54, 1.807) is 18.2 Å². The van der Waals surface area contributed by atoms with Gasteiger partial charge in [-0.05, 0) is 50.6 Å². The van der Waals surface area contributed by atoms with Gasteiger partial charge in [-0.3, -0.25) is 9.59 Å². The van der Waals surface area contributed by atoms with Crippen molar-refractivity contribution in [2.75, 3.05) is 28.7 Å². The molecule has 1 heterocycles. The van der Waals surface area contributed by atoms with Crippen LogP contribution in [0.15, 0.2) is 35.4 Å². The molecule has 1 aliphatic rings. The minimum absolute atomic E-state index is 0.0567. The van der Waals surface area contributed by atoms with Gasteiger partial charge in [0, 0.05) is 30.2 Å². The Morgan fingerprint density at radius 3 is 2.02 bits per heavy atom. The summed E-state index contributed by atoms with van der Waals surface area (Å²) in [5, 5.41) is 12.2. The van der Waals surface area contributed by atoms with Crippen LogP contribution in [0.1, 0.15) is 97.8 Å². The Morgan fingerprint density at radius 1 is 0.872 bits per heavy atom. The van der Waals surface area contributed by atoms with Gasteiger partial charge in [-0.25, -0.2) is 0 Å². The number of hydrazone groups is 1. The Hall–Kier alpha value is -1.75. The lowest BCUT2D eigenvalue weighted by atomic mass is 10.1. The number of benzene rings is 2. The fourth-order valence-electron chi connectivity index (χ4n) is 5.20. The van der Waals surface area contributed by atoms with E-state index in [0.29, 0.717) is 51.1 Å². The second kappa shape index (κ2) is 20.7. The van der Waals surface area contributed by atoms with E-state index >= 15 is 0 Å². The Balaban J connectivity index is 1.66. The van der Waals surface area contributed by atoms with Crippen molar-refractivity contribution < 1.29 is 9.59 Å². The summed E-state index contributed by atoms with van der Waals surface area (Å²) in [6, 6.07) is 8.16. The lowest BCUT2D eigenvalue weighted by molar-refractivity contribution is -0.117. The maximum atomic E-state index is 13.8. The molecule has 0 aliphatic carbocycles. The number of carbonyl (C=O) groups excluding carboxylic acids is 2. The highest BCUT2D eigenvalue weighted by molar-refractivity contribution is 8.24. The van der Waals surface area contributed by atoms with E-state index < -0.39 is 5.25 Å². The lowest BCUT2D eigenvalue weighted by Crippen LogP contribution is -2.36. The predicted octanol–water partition coefficient (Wildman–Crippen LogP) is 11.4. The first-order valence-electron chi connectivity index (χ1n) is 16.5. The molecule has 1 atom stereocenters. The molecule has 2 N–H and O–H groups in total. The van der Waals surface area contributed by atoms with Crippen LogP contribution in [0, 0.1) is 0 Å². The van der Waals surface area contributed by atoms with E-state index in [-0.39, 0.29) is 27.5 Å². The molecule has 0 bridgehead atoms. The highest BCUT2D eigenvalue weighted by atomic mass is 35.5. The number of nitrogens with zero attached hydrogens (tertiary/aromatic N) is 3. The zero-order chi connectivity index (χ0) is 34.3. The summed E-state index contributed by atoms with van der Waals surface area (Å²) >= 11 is 32.5. The van der Waals surface area contributed by atoms with Gasteiger partial charge in [0.25, 0.3) is 5.91 Å². The number of thioether (sulfide) groups is 1. The summed E-state index contributed by atoms with van der Waals surface area (Å²) < 4.78 is 0.549. The zero-order valence-corrected chi connectivity index (χ0v) is 32.0. The van der Waals surface area contributed by atoms with Crippen molar-refractivity contribution in [1.82, 2.24) is 4.90 Å². The molecule has 0 fully saturated rings. The number of hydrogen-bond donors (Lipinski definition) is 2. The predicted molar refractivity (Wildman–Crippen MR) is 208 cm³/mol. The van der Waals surface area contributed by atoms with E-state index in [1.165, 1.54) is 80.3 Å². The van der Waals surface area contributed by atoms with Crippen LogP contribution in [0.5, 0.6) is 0 Å². The van der Waals surface area contributed by atoms with Gasteiger partial charge in [0.1, 0.15) is 10.0 Å². The zero-order valence-electron chi connectivity index (χ0n) is 27.4. The van der Waals surface area contributed by atoms with Crippen molar-refractivity contribution >= 4 is 109 Å². The Labute approximate surface area is 309 Å². The van der Waals surface area contributed by atoms with Crippen molar-refractivity contribution in [2.45, 2.75) is 103 Å². The van der Waals surface area contributed by atoms with Crippen LogP contribution in [0.3, 0.4) is 0 Å². The number of amides is 2. The highest BCUT2D eigenvalue weighted by Crippen LogP contribution is 2.40. The third-order valence-electron chi connectivity index (χ3n) is 7.84. The fraction of sp³-hybridized carbons (Fsp3) is 0.529. The minimum atomic E-state index is -0.832. The quantitative estimate of drug-likeness (QED) is 0.116. The maximum Gasteiger partial charge on any atom is 0.268 e. The van der Waals surface area contributed by atoms with Gasteiger partial charge in [0.05, 0.1) is 20.8 Å². The molecule has 47 heavy (non-hydrogen) atoms. The number of hydrogen-bond acceptors (Lipinski definition) is 6. The van der Waals surface area contributed by atoms with E-state index in [1.807, 2.05) is 18.7 Å². The first-order chi connectivity index (χ1) is 22.6. The summed E-state index contributed by atoms with van der Waals surface area (Å²) in [5.74, 6) is -0.146. The molecule has 2 aromatic rings. The molecule has 2 amide bonds. The second-order valence-electron chi connectivity index (χ2n) is 11.4. The number of halogens is 4. The monoisotopic (exact) mass is 759 g/mol. The van der Waals surface area contributed by atoms with Crippen molar-refractivity contribution in [3.8, 4) is 0 Å². The van der Waals surface area contributed by atoms with Gasteiger partial charge in [-0.2, -0.15) is 5.01 Å². The average Bonchev–Trinajstić information content (AvgIpc) is 3.31. The molecule has 1 aliphatic heterocycles. The van der Waals surface area contributed by atoms with E-state index in [0.717, 1.165) is 19.3 Å². The molecule has 1 unspecified atom stereocenters. The van der Waals surface area contributed by atoms with Gasteiger partial charge in [0.15, 0.2) is 11.1 Å². The van der Waals surface area contributed by atoms with Crippen LogP contribution in [0.25, 0.3) is 0 Å².